The highest BCUT2D eigenvalue weighted by molar-refractivity contribution is 5.95. The molecule has 0 radical (unpaired) electrons. The van der Waals surface area contributed by atoms with E-state index >= 15 is 0 Å². The van der Waals surface area contributed by atoms with Crippen molar-refractivity contribution in [3.8, 4) is 34.3 Å². The molecule has 2 aromatic carbocycles. The highest BCUT2D eigenvalue weighted by Crippen LogP contribution is 2.45. The van der Waals surface area contributed by atoms with Crippen molar-refractivity contribution < 1.29 is 19.0 Å². The predicted octanol–water partition coefficient (Wildman–Crippen LogP) is 4.63. The predicted molar refractivity (Wildman–Crippen MR) is 162 cm³/mol. The molecule has 0 spiro atoms. The van der Waals surface area contributed by atoms with Crippen LogP contribution in [0.15, 0.2) is 78.0 Å². The SMILES string of the molecule is COC(=O)c1cnc(-c2c(OC)ncnc2C2CC2)nc1Nc1ccc(-c2ccc(=O)n(Cc3ccc(OC)cc3)n2)cc1. The van der Waals surface area contributed by atoms with Gasteiger partial charge in [-0.2, -0.15) is 5.10 Å². The van der Waals surface area contributed by atoms with E-state index in [9.17, 15) is 9.59 Å². The maximum Gasteiger partial charge on any atom is 0.343 e. The third-order valence-electron chi connectivity index (χ3n) is 7.22. The Hall–Kier alpha value is -5.65. The number of nitrogens with zero attached hydrogens (tertiary/aromatic N) is 6. The molecule has 1 saturated carbocycles. The zero-order valence-corrected chi connectivity index (χ0v) is 24.4. The molecule has 1 aliphatic carbocycles. The standard InChI is InChI=1S/C32H29N7O5/c1-42-23-12-4-19(5-13-23)17-39-26(40)15-14-25(38-39)20-8-10-22(11-9-20)36-29-24(32(41)44-3)16-33-30(37-29)27-28(21-6-7-21)34-18-35-31(27)43-2/h4-5,8-16,18,21H,6-7,17H2,1-3H3,(H,33,36,37). The van der Waals surface area contributed by atoms with Crippen LogP contribution in [0.2, 0.25) is 0 Å². The van der Waals surface area contributed by atoms with Gasteiger partial charge in [0, 0.05) is 29.4 Å². The first-order chi connectivity index (χ1) is 21.5. The van der Waals surface area contributed by atoms with Gasteiger partial charge in [0.05, 0.1) is 39.3 Å². The first-order valence-corrected chi connectivity index (χ1v) is 13.9. The Bertz CT molecular complexity index is 1870. The Morgan fingerprint density at radius 3 is 2.39 bits per heavy atom. The van der Waals surface area contributed by atoms with E-state index in [1.165, 1.54) is 37.5 Å². The maximum atomic E-state index is 12.6. The zero-order valence-electron chi connectivity index (χ0n) is 24.4. The molecule has 0 aliphatic heterocycles. The fourth-order valence-electron chi connectivity index (χ4n) is 4.75. The quantitative estimate of drug-likeness (QED) is 0.227. The van der Waals surface area contributed by atoms with E-state index in [0.29, 0.717) is 35.2 Å². The Balaban J connectivity index is 1.28. The largest absolute Gasteiger partial charge is 0.497 e. The summed E-state index contributed by atoms with van der Waals surface area (Å²) in [6, 6.07) is 18.1. The summed E-state index contributed by atoms with van der Waals surface area (Å²) in [6.07, 6.45) is 4.92. The molecule has 12 nitrogen and oxygen atoms in total. The number of hydrogen-bond acceptors (Lipinski definition) is 11. The summed E-state index contributed by atoms with van der Waals surface area (Å²) in [5.41, 5.74) is 4.39. The smallest absolute Gasteiger partial charge is 0.343 e. The Morgan fingerprint density at radius 2 is 1.70 bits per heavy atom. The van der Waals surface area contributed by atoms with E-state index < -0.39 is 5.97 Å². The molecule has 0 unspecified atom stereocenters. The van der Waals surface area contributed by atoms with Crippen LogP contribution in [0.1, 0.15) is 40.4 Å². The van der Waals surface area contributed by atoms with Crippen LogP contribution in [0, 0.1) is 0 Å². The normalized spacial score (nSPS) is 12.4. The molecule has 222 valence electrons. The lowest BCUT2D eigenvalue weighted by Crippen LogP contribution is -2.22. The van der Waals surface area contributed by atoms with Gasteiger partial charge in [-0.3, -0.25) is 4.79 Å². The third-order valence-corrected chi connectivity index (χ3v) is 7.22. The van der Waals surface area contributed by atoms with E-state index in [1.54, 1.807) is 13.2 Å². The summed E-state index contributed by atoms with van der Waals surface area (Å²) in [5.74, 6) is 1.40. The monoisotopic (exact) mass is 591 g/mol. The molecule has 12 heteroatoms. The van der Waals surface area contributed by atoms with Crippen molar-refractivity contribution in [2.75, 3.05) is 26.6 Å². The number of aromatic nitrogens is 6. The molecule has 1 fully saturated rings. The fraction of sp³-hybridized carbons (Fsp3) is 0.219. The van der Waals surface area contributed by atoms with Gasteiger partial charge in [0.2, 0.25) is 5.88 Å². The van der Waals surface area contributed by atoms with Crippen molar-refractivity contribution in [3.63, 3.8) is 0 Å². The molecule has 44 heavy (non-hydrogen) atoms. The maximum absolute atomic E-state index is 12.6. The number of nitrogens with one attached hydrogen (secondary N) is 1. The van der Waals surface area contributed by atoms with E-state index in [-0.39, 0.29) is 22.9 Å². The summed E-state index contributed by atoms with van der Waals surface area (Å²) in [7, 11) is 4.44. The summed E-state index contributed by atoms with van der Waals surface area (Å²) in [5, 5.41) is 7.80. The molecule has 0 atom stereocenters. The molecule has 6 rings (SSSR count). The second kappa shape index (κ2) is 12.3. The molecule has 1 aliphatic rings. The van der Waals surface area contributed by atoms with Crippen LogP contribution in [-0.2, 0) is 11.3 Å². The number of methoxy groups -OCH3 is 3. The lowest BCUT2D eigenvalue weighted by molar-refractivity contribution is 0.0601. The average molecular weight is 592 g/mol. The second-order valence-electron chi connectivity index (χ2n) is 10.1. The van der Waals surface area contributed by atoms with Gasteiger partial charge in [-0.1, -0.05) is 24.3 Å². The molecule has 0 saturated heterocycles. The van der Waals surface area contributed by atoms with E-state index in [2.05, 4.69) is 25.4 Å². The van der Waals surface area contributed by atoms with E-state index in [0.717, 1.165) is 35.4 Å². The van der Waals surface area contributed by atoms with Crippen LogP contribution in [0.5, 0.6) is 11.6 Å². The number of hydrogen-bond donors (Lipinski definition) is 1. The Morgan fingerprint density at radius 1 is 0.932 bits per heavy atom. The lowest BCUT2D eigenvalue weighted by atomic mass is 10.1. The lowest BCUT2D eigenvalue weighted by Gasteiger charge is -2.14. The summed E-state index contributed by atoms with van der Waals surface area (Å²) >= 11 is 0. The van der Waals surface area contributed by atoms with Gasteiger partial charge in [0.25, 0.3) is 5.56 Å². The first-order valence-electron chi connectivity index (χ1n) is 13.9. The van der Waals surface area contributed by atoms with Gasteiger partial charge < -0.3 is 19.5 Å². The number of benzene rings is 2. The number of rotatable bonds is 10. The van der Waals surface area contributed by atoms with Crippen LogP contribution in [0.4, 0.5) is 11.5 Å². The molecule has 5 aromatic rings. The average Bonchev–Trinajstić information content (AvgIpc) is 3.91. The summed E-state index contributed by atoms with van der Waals surface area (Å²) in [4.78, 5) is 43.0. The second-order valence-corrected chi connectivity index (χ2v) is 10.1. The first kappa shape index (κ1) is 28.5. The van der Waals surface area contributed by atoms with Crippen molar-refractivity contribution in [2.45, 2.75) is 25.3 Å². The highest BCUT2D eigenvalue weighted by Gasteiger charge is 2.32. The Labute approximate surface area is 252 Å². The van der Waals surface area contributed by atoms with Crippen LogP contribution >= 0.6 is 0 Å². The van der Waals surface area contributed by atoms with Crippen molar-refractivity contribution in [1.29, 1.82) is 0 Å². The number of ether oxygens (including phenoxy) is 3. The number of carbonyl (C=O) groups is 1. The van der Waals surface area contributed by atoms with Gasteiger partial charge >= 0.3 is 5.97 Å². The van der Waals surface area contributed by atoms with Gasteiger partial charge in [-0.25, -0.2) is 29.4 Å². The van der Waals surface area contributed by atoms with Crippen molar-refractivity contribution in [2.24, 2.45) is 0 Å². The Kier molecular flexibility index (Phi) is 7.96. The van der Waals surface area contributed by atoms with Gasteiger partial charge in [-0.15, -0.1) is 0 Å². The topological polar surface area (TPSA) is 143 Å². The summed E-state index contributed by atoms with van der Waals surface area (Å²) in [6.45, 7) is 0.322. The number of carbonyl (C=O) groups excluding carboxylic acids is 1. The zero-order chi connectivity index (χ0) is 30.6. The van der Waals surface area contributed by atoms with Gasteiger partial charge in [0.1, 0.15) is 29.0 Å². The molecular weight excluding hydrogens is 562 g/mol. The van der Waals surface area contributed by atoms with E-state index in [1.807, 2.05) is 48.5 Å². The fourth-order valence-corrected chi connectivity index (χ4v) is 4.75. The number of esters is 1. The van der Waals surface area contributed by atoms with E-state index in [4.69, 9.17) is 19.2 Å². The van der Waals surface area contributed by atoms with Crippen molar-refractivity contribution >= 4 is 17.5 Å². The minimum absolute atomic E-state index is 0.163. The molecule has 0 amide bonds. The molecule has 3 aromatic heterocycles. The number of anilines is 2. The highest BCUT2D eigenvalue weighted by atomic mass is 16.5. The van der Waals surface area contributed by atoms with Gasteiger partial charge in [0.15, 0.2) is 5.82 Å². The van der Waals surface area contributed by atoms with Crippen LogP contribution < -0.4 is 20.3 Å². The molecular formula is C32H29N7O5. The minimum Gasteiger partial charge on any atom is -0.497 e. The molecule has 0 bridgehead atoms. The molecule has 1 N–H and O–H groups in total. The summed E-state index contributed by atoms with van der Waals surface area (Å²) < 4.78 is 17.1. The van der Waals surface area contributed by atoms with Crippen LogP contribution in [0.25, 0.3) is 22.6 Å². The van der Waals surface area contributed by atoms with Crippen molar-refractivity contribution in [3.05, 3.63) is 100 Å². The van der Waals surface area contributed by atoms with Crippen LogP contribution in [0.3, 0.4) is 0 Å². The third kappa shape index (κ3) is 5.95. The van der Waals surface area contributed by atoms with Crippen molar-refractivity contribution in [1.82, 2.24) is 29.7 Å². The minimum atomic E-state index is -0.585. The van der Waals surface area contributed by atoms with Crippen LogP contribution in [-0.4, -0.2) is 57.0 Å². The van der Waals surface area contributed by atoms with Gasteiger partial charge in [-0.05, 0) is 48.7 Å². The molecule has 3 heterocycles.